The zero-order valence-corrected chi connectivity index (χ0v) is 11.3. The molecule has 96 valence electrons. The maximum atomic E-state index is 5.96. The summed E-state index contributed by atoms with van der Waals surface area (Å²) in [4.78, 5) is 0. The first-order valence-corrected chi connectivity index (χ1v) is 6.51. The number of hydrogen-bond acceptors (Lipinski definition) is 2. The van der Waals surface area contributed by atoms with E-state index in [2.05, 4.69) is 36.4 Å². The number of rotatable bonds is 4. The van der Waals surface area contributed by atoms with E-state index < -0.39 is 0 Å². The van der Waals surface area contributed by atoms with E-state index in [1.807, 2.05) is 20.8 Å². The lowest BCUT2D eigenvalue weighted by Gasteiger charge is -2.17. The molecule has 2 nitrogen and oxygen atoms in total. The van der Waals surface area contributed by atoms with Crippen LogP contribution in [0.5, 0.6) is 5.75 Å². The predicted octanol–water partition coefficient (Wildman–Crippen LogP) is 3.52. The van der Waals surface area contributed by atoms with Crippen molar-refractivity contribution < 1.29 is 4.74 Å². The van der Waals surface area contributed by atoms with E-state index >= 15 is 0 Å². The fraction of sp³-hybridized carbons (Fsp3) is 0.375. The van der Waals surface area contributed by atoms with Crippen LogP contribution in [0, 0.1) is 0 Å². The molecule has 0 aromatic heterocycles. The number of hydrogen-bond donors (Lipinski definition) is 1. The molecule has 0 amide bonds. The normalized spacial score (nSPS) is 12.9. The zero-order valence-electron chi connectivity index (χ0n) is 11.3. The maximum Gasteiger partial charge on any atom is 0.123 e. The van der Waals surface area contributed by atoms with Gasteiger partial charge >= 0.3 is 0 Å². The standard InChI is InChI=1S/C16H21NO/c1-11(2)18-16-9-8-13-6-4-5-7-14(13)15(16)10-12(3)17/h4-9,11-12H,10,17H2,1-3H3. The van der Waals surface area contributed by atoms with Gasteiger partial charge in [0.15, 0.2) is 0 Å². The van der Waals surface area contributed by atoms with Crippen LogP contribution in [-0.4, -0.2) is 12.1 Å². The SMILES string of the molecule is CC(N)Cc1c(OC(C)C)ccc2ccccc12. The average molecular weight is 243 g/mol. The second kappa shape index (κ2) is 5.40. The van der Waals surface area contributed by atoms with Crippen molar-refractivity contribution >= 4 is 10.8 Å². The van der Waals surface area contributed by atoms with Crippen LogP contribution in [-0.2, 0) is 6.42 Å². The van der Waals surface area contributed by atoms with Crippen molar-refractivity contribution in [2.24, 2.45) is 5.73 Å². The van der Waals surface area contributed by atoms with Crippen molar-refractivity contribution in [3.63, 3.8) is 0 Å². The quantitative estimate of drug-likeness (QED) is 0.891. The maximum absolute atomic E-state index is 5.96. The van der Waals surface area contributed by atoms with Gasteiger partial charge in [0.25, 0.3) is 0 Å². The van der Waals surface area contributed by atoms with Crippen LogP contribution in [0.1, 0.15) is 26.3 Å². The average Bonchev–Trinajstić information content (AvgIpc) is 2.31. The Morgan fingerprint density at radius 1 is 1.06 bits per heavy atom. The molecule has 0 aliphatic heterocycles. The third kappa shape index (κ3) is 2.82. The Labute approximate surface area is 109 Å². The highest BCUT2D eigenvalue weighted by molar-refractivity contribution is 5.87. The number of nitrogens with two attached hydrogens (primary N) is 1. The van der Waals surface area contributed by atoms with E-state index in [1.54, 1.807) is 0 Å². The van der Waals surface area contributed by atoms with E-state index in [4.69, 9.17) is 10.5 Å². The van der Waals surface area contributed by atoms with Crippen LogP contribution in [0.4, 0.5) is 0 Å². The highest BCUT2D eigenvalue weighted by atomic mass is 16.5. The van der Waals surface area contributed by atoms with E-state index in [0.29, 0.717) is 0 Å². The van der Waals surface area contributed by atoms with Crippen LogP contribution in [0.3, 0.4) is 0 Å². The lowest BCUT2D eigenvalue weighted by Crippen LogP contribution is -2.19. The molecule has 0 saturated carbocycles. The number of benzene rings is 2. The molecule has 1 atom stereocenters. The molecule has 0 aliphatic rings. The van der Waals surface area contributed by atoms with Crippen molar-refractivity contribution in [1.29, 1.82) is 0 Å². The van der Waals surface area contributed by atoms with Crippen molar-refractivity contribution in [1.82, 2.24) is 0 Å². The molecule has 2 aromatic rings. The summed E-state index contributed by atoms with van der Waals surface area (Å²) in [7, 11) is 0. The van der Waals surface area contributed by atoms with Gasteiger partial charge in [0.1, 0.15) is 5.75 Å². The third-order valence-electron chi connectivity index (χ3n) is 2.89. The molecule has 0 fully saturated rings. The second-order valence-electron chi connectivity index (χ2n) is 5.11. The van der Waals surface area contributed by atoms with Gasteiger partial charge in [-0.2, -0.15) is 0 Å². The van der Waals surface area contributed by atoms with Crippen LogP contribution >= 0.6 is 0 Å². The van der Waals surface area contributed by atoms with Gasteiger partial charge in [-0.3, -0.25) is 0 Å². The van der Waals surface area contributed by atoms with Gasteiger partial charge in [-0.05, 0) is 44.0 Å². The summed E-state index contributed by atoms with van der Waals surface area (Å²) in [5.74, 6) is 0.959. The number of fused-ring (bicyclic) bond motifs is 1. The molecule has 0 aliphatic carbocycles. The molecular formula is C16H21NO. The zero-order chi connectivity index (χ0) is 13.1. The molecule has 0 saturated heterocycles. The molecular weight excluding hydrogens is 222 g/mol. The third-order valence-corrected chi connectivity index (χ3v) is 2.89. The first-order chi connectivity index (χ1) is 8.58. The minimum Gasteiger partial charge on any atom is -0.491 e. The molecule has 2 N–H and O–H groups in total. The van der Waals surface area contributed by atoms with Gasteiger partial charge in [-0.15, -0.1) is 0 Å². The smallest absolute Gasteiger partial charge is 0.123 e. The van der Waals surface area contributed by atoms with Gasteiger partial charge in [0.2, 0.25) is 0 Å². The number of ether oxygens (including phenoxy) is 1. The molecule has 0 radical (unpaired) electrons. The van der Waals surface area contributed by atoms with E-state index in [0.717, 1.165) is 12.2 Å². The molecule has 0 heterocycles. The highest BCUT2D eigenvalue weighted by Crippen LogP contribution is 2.29. The topological polar surface area (TPSA) is 35.2 Å². The summed E-state index contributed by atoms with van der Waals surface area (Å²) in [6.45, 7) is 6.12. The van der Waals surface area contributed by atoms with Crippen molar-refractivity contribution in [3.8, 4) is 5.75 Å². The molecule has 2 aromatic carbocycles. The van der Waals surface area contributed by atoms with Crippen molar-refractivity contribution in [2.75, 3.05) is 0 Å². The monoisotopic (exact) mass is 243 g/mol. The van der Waals surface area contributed by atoms with Gasteiger partial charge in [0.05, 0.1) is 6.10 Å². The molecule has 2 heteroatoms. The first-order valence-electron chi connectivity index (χ1n) is 6.51. The van der Waals surface area contributed by atoms with Crippen LogP contribution in [0.15, 0.2) is 36.4 Å². The summed E-state index contributed by atoms with van der Waals surface area (Å²) < 4.78 is 5.90. The summed E-state index contributed by atoms with van der Waals surface area (Å²) in [6.07, 6.45) is 1.02. The van der Waals surface area contributed by atoms with Gasteiger partial charge in [-0.1, -0.05) is 30.3 Å². The largest absolute Gasteiger partial charge is 0.491 e. The Morgan fingerprint density at radius 2 is 1.78 bits per heavy atom. The van der Waals surface area contributed by atoms with Crippen LogP contribution < -0.4 is 10.5 Å². The molecule has 0 bridgehead atoms. The summed E-state index contributed by atoms with van der Waals surface area (Å²) >= 11 is 0. The van der Waals surface area contributed by atoms with E-state index in [9.17, 15) is 0 Å². The summed E-state index contributed by atoms with van der Waals surface area (Å²) in [5.41, 5.74) is 7.18. The molecule has 18 heavy (non-hydrogen) atoms. The van der Waals surface area contributed by atoms with Crippen molar-refractivity contribution in [3.05, 3.63) is 42.0 Å². The molecule has 1 unspecified atom stereocenters. The van der Waals surface area contributed by atoms with Gasteiger partial charge < -0.3 is 10.5 Å². The molecule has 2 rings (SSSR count). The lowest BCUT2D eigenvalue weighted by molar-refractivity contribution is 0.240. The summed E-state index contributed by atoms with van der Waals surface area (Å²) in [5, 5.41) is 2.48. The Hall–Kier alpha value is -1.54. The molecule has 0 spiro atoms. The Kier molecular flexibility index (Phi) is 3.87. The predicted molar refractivity (Wildman–Crippen MR) is 77.1 cm³/mol. The Morgan fingerprint density at radius 3 is 2.44 bits per heavy atom. The first kappa shape index (κ1) is 12.9. The van der Waals surface area contributed by atoms with Crippen LogP contribution in [0.25, 0.3) is 10.8 Å². The highest BCUT2D eigenvalue weighted by Gasteiger charge is 2.11. The minimum absolute atomic E-state index is 0.130. The van der Waals surface area contributed by atoms with Crippen molar-refractivity contribution in [2.45, 2.75) is 39.3 Å². The fourth-order valence-corrected chi connectivity index (χ4v) is 2.21. The fourth-order valence-electron chi connectivity index (χ4n) is 2.21. The summed E-state index contributed by atoms with van der Waals surface area (Å²) in [6, 6.07) is 12.7. The van der Waals surface area contributed by atoms with Gasteiger partial charge in [-0.25, -0.2) is 0 Å². The lowest BCUT2D eigenvalue weighted by atomic mass is 9.98. The van der Waals surface area contributed by atoms with E-state index in [-0.39, 0.29) is 12.1 Å². The van der Waals surface area contributed by atoms with Gasteiger partial charge in [0, 0.05) is 11.6 Å². The van der Waals surface area contributed by atoms with E-state index in [1.165, 1.54) is 16.3 Å². The Balaban J connectivity index is 2.55. The Bertz CT molecular complexity index is 532. The second-order valence-corrected chi connectivity index (χ2v) is 5.11. The van der Waals surface area contributed by atoms with Crippen LogP contribution in [0.2, 0.25) is 0 Å². The minimum atomic E-state index is 0.130.